The second-order valence-corrected chi connectivity index (χ2v) is 4.27. The van der Waals surface area contributed by atoms with Gasteiger partial charge in [-0.25, -0.2) is 4.98 Å². The third kappa shape index (κ3) is 2.41. The number of methoxy groups -OCH3 is 1. The molecule has 0 saturated heterocycles. The largest absolute Gasteiger partial charge is 0.481 e. The van der Waals surface area contributed by atoms with Crippen LogP contribution in [0.2, 0.25) is 0 Å². The summed E-state index contributed by atoms with van der Waals surface area (Å²) in [6.07, 6.45) is 2.83. The van der Waals surface area contributed by atoms with Gasteiger partial charge < -0.3 is 15.2 Å². The van der Waals surface area contributed by atoms with Crippen molar-refractivity contribution in [3.63, 3.8) is 0 Å². The van der Waals surface area contributed by atoms with E-state index in [9.17, 15) is 5.11 Å². The monoisotopic (exact) mass is 223 g/mol. The van der Waals surface area contributed by atoms with E-state index in [1.54, 1.807) is 13.2 Å². The highest BCUT2D eigenvalue weighted by Crippen LogP contribution is 2.31. The lowest BCUT2D eigenvalue weighted by atomic mass is 9.80. The van der Waals surface area contributed by atoms with Gasteiger partial charge in [0.25, 0.3) is 0 Å². The van der Waals surface area contributed by atoms with Crippen LogP contribution in [0.4, 0.5) is 5.82 Å². The van der Waals surface area contributed by atoms with E-state index in [1.165, 1.54) is 0 Å². The van der Waals surface area contributed by atoms with Crippen LogP contribution in [0.3, 0.4) is 0 Å². The highest BCUT2D eigenvalue weighted by molar-refractivity contribution is 5.38. The molecular formula is C11H17N3O2. The van der Waals surface area contributed by atoms with Gasteiger partial charge in [0.05, 0.1) is 12.7 Å². The molecule has 5 nitrogen and oxygen atoms in total. The third-order valence-electron chi connectivity index (χ3n) is 2.91. The molecule has 2 rings (SSSR count). The molecule has 0 spiro atoms. The highest BCUT2D eigenvalue weighted by atomic mass is 16.5. The molecule has 2 N–H and O–H groups in total. The van der Waals surface area contributed by atoms with Gasteiger partial charge in [-0.1, -0.05) is 0 Å². The van der Waals surface area contributed by atoms with Crippen molar-refractivity contribution in [1.82, 2.24) is 9.97 Å². The van der Waals surface area contributed by atoms with Gasteiger partial charge in [0.2, 0.25) is 5.88 Å². The Morgan fingerprint density at radius 3 is 2.81 bits per heavy atom. The summed E-state index contributed by atoms with van der Waals surface area (Å²) in [5.41, 5.74) is -0.550. The number of ether oxygens (including phenoxy) is 1. The van der Waals surface area contributed by atoms with Crippen molar-refractivity contribution < 1.29 is 9.84 Å². The summed E-state index contributed by atoms with van der Waals surface area (Å²) < 4.78 is 5.05. The molecule has 1 aromatic rings. The maximum atomic E-state index is 9.93. The molecule has 5 heteroatoms. The molecule has 1 aliphatic carbocycles. The standard InChI is InChI=1S/C11H17N3O2/c1-8-13-9(6-10(14-8)16-2)12-7-11(15)4-3-5-11/h6,15H,3-5,7H2,1-2H3,(H,12,13,14). The van der Waals surface area contributed by atoms with E-state index < -0.39 is 5.60 Å². The van der Waals surface area contributed by atoms with E-state index in [4.69, 9.17) is 4.74 Å². The number of aliphatic hydroxyl groups is 1. The molecule has 0 atom stereocenters. The first-order valence-corrected chi connectivity index (χ1v) is 5.47. The van der Waals surface area contributed by atoms with Gasteiger partial charge in [-0.3, -0.25) is 0 Å². The topological polar surface area (TPSA) is 67.3 Å². The average molecular weight is 223 g/mol. The van der Waals surface area contributed by atoms with Crippen molar-refractivity contribution in [1.29, 1.82) is 0 Å². The van der Waals surface area contributed by atoms with Crippen LogP contribution in [-0.2, 0) is 0 Å². The van der Waals surface area contributed by atoms with Crippen LogP contribution in [0.15, 0.2) is 6.07 Å². The first kappa shape index (κ1) is 11.1. The van der Waals surface area contributed by atoms with E-state index in [2.05, 4.69) is 15.3 Å². The van der Waals surface area contributed by atoms with Crippen molar-refractivity contribution in [2.45, 2.75) is 31.8 Å². The number of aryl methyl sites for hydroxylation is 1. The predicted molar refractivity (Wildman–Crippen MR) is 60.6 cm³/mol. The number of nitrogens with zero attached hydrogens (tertiary/aromatic N) is 2. The second kappa shape index (κ2) is 4.25. The predicted octanol–water partition coefficient (Wildman–Crippen LogP) is 1.12. The molecule has 1 fully saturated rings. The van der Waals surface area contributed by atoms with E-state index in [0.717, 1.165) is 19.3 Å². The number of hydrogen-bond donors (Lipinski definition) is 2. The maximum absolute atomic E-state index is 9.93. The van der Waals surface area contributed by atoms with Gasteiger partial charge in [0.15, 0.2) is 0 Å². The van der Waals surface area contributed by atoms with Crippen molar-refractivity contribution >= 4 is 5.82 Å². The molecule has 0 aliphatic heterocycles. The van der Waals surface area contributed by atoms with Crippen LogP contribution in [0, 0.1) is 6.92 Å². The van der Waals surface area contributed by atoms with Crippen molar-refractivity contribution in [3.8, 4) is 5.88 Å². The number of hydrogen-bond acceptors (Lipinski definition) is 5. The Hall–Kier alpha value is -1.36. The molecular weight excluding hydrogens is 206 g/mol. The Kier molecular flexibility index (Phi) is 2.96. The van der Waals surface area contributed by atoms with Gasteiger partial charge in [-0.15, -0.1) is 0 Å². The lowest BCUT2D eigenvalue weighted by molar-refractivity contribution is -0.0202. The highest BCUT2D eigenvalue weighted by Gasteiger charge is 2.34. The fraction of sp³-hybridized carbons (Fsp3) is 0.636. The molecule has 1 aromatic heterocycles. The van der Waals surface area contributed by atoms with Gasteiger partial charge in [-0.05, 0) is 26.2 Å². The fourth-order valence-corrected chi connectivity index (χ4v) is 1.75. The number of rotatable bonds is 4. The Balaban J connectivity index is 2.00. The molecule has 0 unspecified atom stereocenters. The quantitative estimate of drug-likeness (QED) is 0.800. The van der Waals surface area contributed by atoms with Crippen LogP contribution >= 0.6 is 0 Å². The molecule has 1 heterocycles. The van der Waals surface area contributed by atoms with E-state index >= 15 is 0 Å². The minimum absolute atomic E-state index is 0.534. The molecule has 88 valence electrons. The van der Waals surface area contributed by atoms with Gasteiger partial charge in [0, 0.05) is 12.6 Å². The molecule has 0 aromatic carbocycles. The minimum Gasteiger partial charge on any atom is -0.481 e. The summed E-state index contributed by atoms with van der Waals surface area (Å²) in [5, 5.41) is 13.1. The first-order valence-electron chi connectivity index (χ1n) is 5.47. The zero-order valence-corrected chi connectivity index (χ0v) is 9.66. The summed E-state index contributed by atoms with van der Waals surface area (Å²) in [5.74, 6) is 1.89. The van der Waals surface area contributed by atoms with Crippen LogP contribution in [0.1, 0.15) is 25.1 Å². The Bertz CT molecular complexity index is 377. The average Bonchev–Trinajstić information content (AvgIpc) is 2.23. The lowest BCUT2D eigenvalue weighted by Crippen LogP contribution is -2.43. The summed E-state index contributed by atoms with van der Waals surface area (Å²) >= 11 is 0. The molecule has 0 radical (unpaired) electrons. The second-order valence-electron chi connectivity index (χ2n) is 4.27. The SMILES string of the molecule is COc1cc(NCC2(O)CCC2)nc(C)n1. The van der Waals surface area contributed by atoms with Gasteiger partial charge in [0.1, 0.15) is 11.6 Å². The van der Waals surface area contributed by atoms with Crippen molar-refractivity contribution in [2.24, 2.45) is 0 Å². The Labute approximate surface area is 94.9 Å². The normalized spacial score (nSPS) is 17.7. The summed E-state index contributed by atoms with van der Waals surface area (Å²) in [6.45, 7) is 2.35. The zero-order valence-electron chi connectivity index (χ0n) is 9.66. The minimum atomic E-state index is -0.550. The van der Waals surface area contributed by atoms with Crippen LogP contribution in [0.5, 0.6) is 5.88 Å². The molecule has 0 amide bonds. The smallest absolute Gasteiger partial charge is 0.218 e. The van der Waals surface area contributed by atoms with Crippen LogP contribution in [0.25, 0.3) is 0 Å². The van der Waals surface area contributed by atoms with E-state index in [0.29, 0.717) is 24.1 Å². The summed E-state index contributed by atoms with van der Waals surface area (Å²) in [6, 6.07) is 1.73. The van der Waals surface area contributed by atoms with E-state index in [-0.39, 0.29) is 0 Å². The summed E-state index contributed by atoms with van der Waals surface area (Å²) in [7, 11) is 1.57. The van der Waals surface area contributed by atoms with E-state index in [1.807, 2.05) is 6.92 Å². The number of anilines is 1. The Morgan fingerprint density at radius 1 is 1.50 bits per heavy atom. The number of nitrogens with one attached hydrogen (secondary N) is 1. The fourth-order valence-electron chi connectivity index (χ4n) is 1.75. The third-order valence-corrected chi connectivity index (χ3v) is 2.91. The van der Waals surface area contributed by atoms with Gasteiger partial charge >= 0.3 is 0 Å². The Morgan fingerprint density at radius 2 is 2.25 bits per heavy atom. The van der Waals surface area contributed by atoms with Crippen LogP contribution in [-0.4, -0.2) is 34.3 Å². The number of aromatic nitrogens is 2. The van der Waals surface area contributed by atoms with Crippen LogP contribution < -0.4 is 10.1 Å². The van der Waals surface area contributed by atoms with Gasteiger partial charge in [-0.2, -0.15) is 4.98 Å². The molecule has 1 aliphatic rings. The molecule has 0 bridgehead atoms. The first-order chi connectivity index (χ1) is 7.61. The maximum Gasteiger partial charge on any atom is 0.218 e. The lowest BCUT2D eigenvalue weighted by Gasteiger charge is -2.36. The summed E-state index contributed by atoms with van der Waals surface area (Å²) in [4.78, 5) is 8.32. The molecule has 16 heavy (non-hydrogen) atoms. The molecule has 1 saturated carbocycles. The zero-order chi connectivity index (χ0) is 11.6. The van der Waals surface area contributed by atoms with Crippen molar-refractivity contribution in [2.75, 3.05) is 19.0 Å². The van der Waals surface area contributed by atoms with Crippen molar-refractivity contribution in [3.05, 3.63) is 11.9 Å².